The second-order valence-electron chi connectivity index (χ2n) is 4.39. The fourth-order valence-electron chi connectivity index (χ4n) is 0.747. The van der Waals surface area contributed by atoms with Gasteiger partial charge in [0.15, 0.2) is 0 Å². The molecule has 0 radical (unpaired) electrons. The molecule has 2 nitrogen and oxygen atoms in total. The lowest BCUT2D eigenvalue weighted by Gasteiger charge is -2.37. The summed E-state index contributed by atoms with van der Waals surface area (Å²) in [5, 5.41) is 9.70. The van der Waals surface area contributed by atoms with Crippen molar-refractivity contribution in [3.05, 3.63) is 0 Å². The van der Waals surface area contributed by atoms with E-state index < -0.39 is 11.2 Å². The highest BCUT2D eigenvalue weighted by molar-refractivity contribution is 6.63. The molecular formula is C8H17BO2. The van der Waals surface area contributed by atoms with Gasteiger partial charge < -0.3 is 9.76 Å². The lowest BCUT2D eigenvalue weighted by molar-refractivity contribution is -0.0910. The molecule has 0 aromatic carbocycles. The Kier molecular flexibility index (Phi) is 2.06. The van der Waals surface area contributed by atoms with Gasteiger partial charge in [-0.05, 0) is 27.7 Å². The van der Waals surface area contributed by atoms with Crippen molar-refractivity contribution in [3.63, 3.8) is 0 Å². The molecule has 3 heteroatoms. The van der Waals surface area contributed by atoms with Crippen LogP contribution in [0.4, 0.5) is 0 Å². The maximum absolute atomic E-state index is 9.70. The summed E-state index contributed by atoms with van der Waals surface area (Å²) in [7, 11) is 0. The highest BCUT2D eigenvalue weighted by Crippen LogP contribution is 2.33. The molecule has 0 aliphatic carbocycles. The van der Waals surface area contributed by atoms with Gasteiger partial charge in [-0.2, -0.15) is 0 Å². The Morgan fingerprint density at radius 2 is 1.64 bits per heavy atom. The molecule has 1 rings (SSSR count). The van der Waals surface area contributed by atoms with Gasteiger partial charge in [0.2, 0.25) is 0 Å². The molecule has 1 heterocycles. The second kappa shape index (κ2) is 2.49. The average molecular weight is 156 g/mol. The van der Waals surface area contributed by atoms with Gasteiger partial charge in [-0.25, -0.2) is 0 Å². The average Bonchev–Trinajstić information content (AvgIpc) is 2.45. The maximum Gasteiger partial charge on any atom is 0.292 e. The number of rotatable bonds is 3. The number of hydrogen-bond acceptors (Lipinski definition) is 2. The fraction of sp³-hybridized carbons (Fsp3) is 1.00. The first-order valence-electron chi connectivity index (χ1n) is 4.23. The monoisotopic (exact) mass is 156 g/mol. The largest absolute Gasteiger partial charge is 0.428 e. The third-order valence-electron chi connectivity index (χ3n) is 2.46. The Morgan fingerprint density at radius 1 is 1.18 bits per heavy atom. The van der Waals surface area contributed by atoms with Gasteiger partial charge in [0.05, 0.1) is 11.2 Å². The van der Waals surface area contributed by atoms with E-state index in [4.69, 9.17) is 4.65 Å². The molecule has 1 aliphatic rings. The van der Waals surface area contributed by atoms with Crippen LogP contribution in [0.1, 0.15) is 27.7 Å². The van der Waals surface area contributed by atoms with E-state index in [9.17, 15) is 5.11 Å². The van der Waals surface area contributed by atoms with Gasteiger partial charge in [0, 0.05) is 0 Å². The van der Waals surface area contributed by atoms with Crippen LogP contribution in [0.25, 0.3) is 0 Å². The molecule has 1 saturated heterocycles. The zero-order chi connectivity index (χ0) is 8.70. The van der Waals surface area contributed by atoms with Crippen molar-refractivity contribution in [3.8, 4) is 0 Å². The van der Waals surface area contributed by atoms with E-state index in [-0.39, 0.29) is 0 Å². The number of hydrogen-bond donors (Lipinski definition) is 1. The first kappa shape index (κ1) is 9.08. The van der Waals surface area contributed by atoms with E-state index in [1.54, 1.807) is 13.8 Å². The Hall–Kier alpha value is -0.0151. The zero-order valence-corrected chi connectivity index (χ0v) is 7.85. The first-order chi connectivity index (χ1) is 4.83. The minimum absolute atomic E-state index is 0.399. The summed E-state index contributed by atoms with van der Waals surface area (Å²) in [6, 6.07) is 0. The second-order valence-corrected chi connectivity index (χ2v) is 4.39. The molecule has 0 saturated carbocycles. The van der Waals surface area contributed by atoms with Crippen molar-refractivity contribution in [2.75, 3.05) is 0 Å². The topological polar surface area (TPSA) is 29.5 Å². The Labute approximate surface area is 69.1 Å². The molecule has 0 aromatic rings. The maximum atomic E-state index is 9.70. The molecule has 0 spiro atoms. The van der Waals surface area contributed by atoms with Crippen LogP contribution >= 0.6 is 0 Å². The fourth-order valence-corrected chi connectivity index (χ4v) is 0.747. The summed E-state index contributed by atoms with van der Waals surface area (Å²) in [5.41, 5.74) is -1.18. The van der Waals surface area contributed by atoms with E-state index in [0.29, 0.717) is 6.92 Å². The van der Waals surface area contributed by atoms with Crippen molar-refractivity contribution in [2.45, 2.75) is 51.5 Å². The van der Waals surface area contributed by atoms with E-state index in [1.807, 2.05) is 13.8 Å². The molecule has 11 heavy (non-hydrogen) atoms. The van der Waals surface area contributed by atoms with Crippen molar-refractivity contribution in [2.24, 2.45) is 0 Å². The Morgan fingerprint density at radius 3 is 1.91 bits per heavy atom. The van der Waals surface area contributed by atoms with Crippen LogP contribution in [-0.4, -0.2) is 23.2 Å². The summed E-state index contributed by atoms with van der Waals surface area (Å²) in [6.45, 7) is 7.85. The summed E-state index contributed by atoms with van der Waals surface area (Å²) >= 11 is 0. The molecule has 0 atom stereocenters. The van der Waals surface area contributed by atoms with E-state index in [0.717, 1.165) is 12.6 Å². The predicted molar refractivity (Wildman–Crippen MR) is 46.8 cm³/mol. The van der Waals surface area contributed by atoms with Crippen molar-refractivity contribution >= 4 is 6.92 Å². The van der Waals surface area contributed by atoms with Gasteiger partial charge in [0.25, 0.3) is 6.92 Å². The molecular weight excluding hydrogens is 139 g/mol. The van der Waals surface area contributed by atoms with Crippen LogP contribution in [0, 0.1) is 0 Å². The molecule has 1 aliphatic heterocycles. The molecule has 0 unspecified atom stereocenters. The molecule has 0 amide bonds. The standard InChI is InChI=1S/C8H17BO2/c1-7(2,10)8(3,4)11-9-5-6-9/h10H,5-6H2,1-4H3. The van der Waals surface area contributed by atoms with E-state index >= 15 is 0 Å². The van der Waals surface area contributed by atoms with E-state index in [2.05, 4.69) is 0 Å². The summed E-state index contributed by atoms with van der Waals surface area (Å²) < 4.78 is 5.66. The SMILES string of the molecule is CC(C)(O)C(C)(C)OB1CC1. The Balaban J connectivity index is 2.49. The summed E-state index contributed by atoms with van der Waals surface area (Å²) in [6.07, 6.45) is 2.30. The molecule has 1 fully saturated rings. The van der Waals surface area contributed by atoms with Crippen molar-refractivity contribution in [1.29, 1.82) is 0 Å². The van der Waals surface area contributed by atoms with Gasteiger partial charge in [-0.3, -0.25) is 0 Å². The van der Waals surface area contributed by atoms with E-state index in [1.165, 1.54) is 0 Å². The highest BCUT2D eigenvalue weighted by atomic mass is 16.5. The third-order valence-corrected chi connectivity index (χ3v) is 2.46. The Bertz CT molecular complexity index is 145. The van der Waals surface area contributed by atoms with Crippen molar-refractivity contribution < 1.29 is 9.76 Å². The minimum atomic E-state index is -0.754. The van der Waals surface area contributed by atoms with Gasteiger partial charge in [-0.15, -0.1) is 0 Å². The lowest BCUT2D eigenvalue weighted by Crippen LogP contribution is -2.48. The van der Waals surface area contributed by atoms with Gasteiger partial charge in [-0.1, -0.05) is 12.6 Å². The van der Waals surface area contributed by atoms with Crippen molar-refractivity contribution in [1.82, 2.24) is 0 Å². The zero-order valence-electron chi connectivity index (χ0n) is 7.85. The quantitative estimate of drug-likeness (QED) is 0.628. The molecule has 64 valence electrons. The predicted octanol–water partition coefficient (Wildman–Crippen LogP) is 1.56. The smallest absolute Gasteiger partial charge is 0.292 e. The molecule has 1 N–H and O–H groups in total. The highest BCUT2D eigenvalue weighted by Gasteiger charge is 2.42. The van der Waals surface area contributed by atoms with Crippen LogP contribution < -0.4 is 0 Å². The normalized spacial score (nSPS) is 18.8. The molecule has 0 bridgehead atoms. The van der Waals surface area contributed by atoms with Crippen LogP contribution in [0.3, 0.4) is 0 Å². The lowest BCUT2D eigenvalue weighted by atomic mass is 9.85. The minimum Gasteiger partial charge on any atom is -0.428 e. The van der Waals surface area contributed by atoms with Gasteiger partial charge >= 0.3 is 0 Å². The van der Waals surface area contributed by atoms with Crippen LogP contribution in [0.15, 0.2) is 0 Å². The third kappa shape index (κ3) is 2.21. The first-order valence-corrected chi connectivity index (χ1v) is 4.23. The van der Waals surface area contributed by atoms with Gasteiger partial charge in [0.1, 0.15) is 0 Å². The number of aliphatic hydroxyl groups is 1. The summed E-state index contributed by atoms with van der Waals surface area (Å²) in [4.78, 5) is 0. The molecule has 0 aromatic heterocycles. The van der Waals surface area contributed by atoms with Crippen LogP contribution in [0.5, 0.6) is 0 Å². The van der Waals surface area contributed by atoms with Crippen LogP contribution in [0.2, 0.25) is 12.6 Å². The van der Waals surface area contributed by atoms with Crippen LogP contribution in [-0.2, 0) is 4.65 Å². The summed E-state index contributed by atoms with van der Waals surface area (Å²) in [5.74, 6) is 0.